The van der Waals surface area contributed by atoms with Gasteiger partial charge in [-0.3, -0.25) is 4.79 Å². The van der Waals surface area contributed by atoms with Gasteiger partial charge in [0.05, 0.1) is 17.4 Å². The summed E-state index contributed by atoms with van der Waals surface area (Å²) in [5.41, 5.74) is 6.58. The van der Waals surface area contributed by atoms with Crippen molar-refractivity contribution < 1.29 is 21.6 Å². The number of hydrogen-bond acceptors (Lipinski definition) is 8. The average Bonchev–Trinajstić information content (AvgIpc) is 3.29. The van der Waals surface area contributed by atoms with E-state index in [-0.39, 0.29) is 60.4 Å². The fourth-order valence-corrected chi connectivity index (χ4v) is 8.14. The third-order valence-corrected chi connectivity index (χ3v) is 10.8. The number of carbonyl (C=O) groups is 1. The van der Waals surface area contributed by atoms with Crippen LogP contribution in [0.4, 0.5) is 0 Å². The summed E-state index contributed by atoms with van der Waals surface area (Å²) in [4.78, 5) is 19.6. The molecule has 2 aliphatic rings. The van der Waals surface area contributed by atoms with Crippen molar-refractivity contribution in [3.63, 3.8) is 0 Å². The number of amides is 1. The number of benzene rings is 1. The quantitative estimate of drug-likeness (QED) is 0.640. The van der Waals surface area contributed by atoms with E-state index < -0.39 is 25.8 Å². The summed E-state index contributed by atoms with van der Waals surface area (Å²) in [7, 11) is -7.01. The smallest absolute Gasteiger partial charge is 0.270 e. The zero-order valence-corrected chi connectivity index (χ0v) is 19.9. The molecule has 1 aromatic heterocycles. The van der Waals surface area contributed by atoms with Crippen LogP contribution in [0.3, 0.4) is 0 Å². The minimum absolute atomic E-state index is 0.0260. The molecule has 4 rings (SSSR count). The minimum Gasteiger partial charge on any atom is -0.340 e. The number of rotatable bonds is 5. The van der Waals surface area contributed by atoms with Crippen molar-refractivity contribution >= 4 is 37.1 Å². The average molecular weight is 499 g/mol. The van der Waals surface area contributed by atoms with E-state index in [4.69, 9.17) is 5.73 Å². The molecule has 0 radical (unpaired) electrons. The van der Waals surface area contributed by atoms with Crippen LogP contribution in [-0.2, 0) is 31.2 Å². The van der Waals surface area contributed by atoms with E-state index in [2.05, 4.69) is 4.98 Å². The molecule has 1 aromatic carbocycles. The lowest BCUT2D eigenvalue weighted by atomic mass is 9.85. The summed E-state index contributed by atoms with van der Waals surface area (Å²) in [6.45, 7) is 0.797. The predicted octanol–water partition coefficient (Wildman–Crippen LogP) is 0.653. The van der Waals surface area contributed by atoms with Crippen LogP contribution in [0.2, 0.25) is 0 Å². The molecular weight excluding hydrogens is 472 g/mol. The Morgan fingerprint density at radius 2 is 1.84 bits per heavy atom. The zero-order chi connectivity index (χ0) is 22.9. The fourth-order valence-electron chi connectivity index (χ4n) is 4.21. The number of thiazole rings is 1. The summed E-state index contributed by atoms with van der Waals surface area (Å²) < 4.78 is 51.5. The molecular formula is C20H26N4O5S3. The van der Waals surface area contributed by atoms with Crippen molar-refractivity contribution in [1.29, 1.82) is 0 Å². The van der Waals surface area contributed by atoms with Gasteiger partial charge >= 0.3 is 0 Å². The lowest BCUT2D eigenvalue weighted by Crippen LogP contribution is -2.52. The molecule has 2 atom stereocenters. The largest absolute Gasteiger partial charge is 0.340 e. The molecule has 2 N–H and O–H groups in total. The molecule has 9 nitrogen and oxygen atoms in total. The van der Waals surface area contributed by atoms with Crippen molar-refractivity contribution in [3.05, 3.63) is 47.0 Å². The van der Waals surface area contributed by atoms with Gasteiger partial charge in [0.25, 0.3) is 10.0 Å². The molecule has 2 unspecified atom stereocenters. The van der Waals surface area contributed by atoms with Gasteiger partial charge in [-0.05, 0) is 17.9 Å². The van der Waals surface area contributed by atoms with Crippen LogP contribution < -0.4 is 5.73 Å². The second-order valence-electron chi connectivity index (χ2n) is 8.14. The van der Waals surface area contributed by atoms with E-state index in [0.29, 0.717) is 11.3 Å². The first-order chi connectivity index (χ1) is 15.2. The highest BCUT2D eigenvalue weighted by Crippen LogP contribution is 2.35. The van der Waals surface area contributed by atoms with Crippen molar-refractivity contribution in [1.82, 2.24) is 14.2 Å². The van der Waals surface area contributed by atoms with Gasteiger partial charge in [0.1, 0.15) is 0 Å². The van der Waals surface area contributed by atoms with Crippen LogP contribution in [0, 0.1) is 5.92 Å². The Bertz CT molecular complexity index is 1170. The van der Waals surface area contributed by atoms with Crippen molar-refractivity contribution in [2.24, 2.45) is 11.7 Å². The highest BCUT2D eigenvalue weighted by molar-refractivity contribution is 7.91. The van der Waals surface area contributed by atoms with Crippen LogP contribution in [0.5, 0.6) is 0 Å². The summed E-state index contributed by atoms with van der Waals surface area (Å²) in [5.74, 6) is -1.02. The number of nitrogens with two attached hydrogens (primary N) is 1. The number of nitrogens with zero attached hydrogens (tertiary/aromatic N) is 3. The molecule has 12 heteroatoms. The molecule has 2 aliphatic heterocycles. The molecule has 2 fully saturated rings. The first-order valence-corrected chi connectivity index (χ1v) is 14.5. The highest BCUT2D eigenvalue weighted by Gasteiger charge is 2.41. The van der Waals surface area contributed by atoms with Crippen LogP contribution in [0.25, 0.3) is 0 Å². The molecule has 0 aliphatic carbocycles. The van der Waals surface area contributed by atoms with E-state index in [1.807, 2.05) is 30.3 Å². The molecule has 0 bridgehead atoms. The number of sulfonamides is 1. The van der Waals surface area contributed by atoms with Gasteiger partial charge in [0.2, 0.25) is 10.2 Å². The normalized spacial score (nSPS) is 24.3. The molecule has 1 amide bonds. The molecule has 3 heterocycles. The van der Waals surface area contributed by atoms with Gasteiger partial charge in [-0.25, -0.2) is 21.8 Å². The second-order valence-corrected chi connectivity index (χ2v) is 13.7. The Kier molecular flexibility index (Phi) is 6.68. The molecule has 174 valence electrons. The Labute approximate surface area is 192 Å². The maximum Gasteiger partial charge on any atom is 0.270 e. The van der Waals surface area contributed by atoms with Gasteiger partial charge in [0.15, 0.2) is 9.84 Å². The SMILES string of the molecule is NCc1cnc(S(=O)(=O)N2CC(C(=O)N3CCS(=O)(=O)CC3)CC(c3ccccc3)C2)s1. The van der Waals surface area contributed by atoms with Crippen LogP contribution in [0.1, 0.15) is 22.8 Å². The summed E-state index contributed by atoms with van der Waals surface area (Å²) in [5, 5.41) is 0. The lowest BCUT2D eigenvalue weighted by Gasteiger charge is -2.38. The Hall–Kier alpha value is -1.86. The Morgan fingerprint density at radius 1 is 1.16 bits per heavy atom. The Balaban J connectivity index is 1.61. The molecule has 2 saturated heterocycles. The number of hydrogen-bond donors (Lipinski definition) is 1. The van der Waals surface area contributed by atoms with E-state index in [9.17, 15) is 21.6 Å². The second kappa shape index (κ2) is 9.18. The third-order valence-electron chi connectivity index (χ3n) is 5.99. The van der Waals surface area contributed by atoms with Crippen LogP contribution >= 0.6 is 11.3 Å². The lowest BCUT2D eigenvalue weighted by molar-refractivity contribution is -0.136. The summed E-state index contributed by atoms with van der Waals surface area (Å²) >= 11 is 1.04. The monoisotopic (exact) mass is 498 g/mol. The summed E-state index contributed by atoms with van der Waals surface area (Å²) in [6, 6.07) is 9.55. The van der Waals surface area contributed by atoms with Crippen LogP contribution in [-0.4, -0.2) is 74.6 Å². The number of piperidine rings is 1. The van der Waals surface area contributed by atoms with Crippen molar-refractivity contribution in [3.8, 4) is 0 Å². The maximum absolute atomic E-state index is 13.4. The van der Waals surface area contributed by atoms with Gasteiger partial charge in [-0.15, -0.1) is 11.3 Å². The number of aromatic nitrogens is 1. The molecule has 32 heavy (non-hydrogen) atoms. The Morgan fingerprint density at radius 3 is 2.47 bits per heavy atom. The molecule has 0 saturated carbocycles. The number of carbonyl (C=O) groups excluding carboxylic acids is 1. The van der Waals surface area contributed by atoms with E-state index in [1.165, 1.54) is 10.5 Å². The highest BCUT2D eigenvalue weighted by atomic mass is 32.2. The van der Waals surface area contributed by atoms with Gasteiger partial charge in [-0.2, -0.15) is 4.31 Å². The van der Waals surface area contributed by atoms with Gasteiger partial charge in [0, 0.05) is 43.8 Å². The summed E-state index contributed by atoms with van der Waals surface area (Å²) in [6.07, 6.45) is 1.97. The van der Waals surface area contributed by atoms with Gasteiger partial charge < -0.3 is 10.6 Å². The van der Waals surface area contributed by atoms with E-state index in [0.717, 1.165) is 16.9 Å². The number of sulfone groups is 1. The fraction of sp³-hybridized carbons (Fsp3) is 0.500. The first kappa shape index (κ1) is 23.3. The van der Waals surface area contributed by atoms with Crippen molar-refractivity contribution in [2.75, 3.05) is 37.7 Å². The standard InChI is InChI=1S/C20H26N4O5S3/c21-11-18-12-22-20(30-18)32(28,29)24-13-16(15-4-2-1-3-5-15)10-17(14-24)19(25)23-6-8-31(26,27)9-7-23/h1-5,12,16-17H,6-11,13-14,21H2. The minimum atomic E-state index is -3.89. The van der Waals surface area contributed by atoms with Gasteiger partial charge in [-0.1, -0.05) is 30.3 Å². The first-order valence-electron chi connectivity index (χ1n) is 10.4. The topological polar surface area (TPSA) is 131 Å². The third kappa shape index (κ3) is 4.88. The predicted molar refractivity (Wildman–Crippen MR) is 121 cm³/mol. The van der Waals surface area contributed by atoms with Crippen molar-refractivity contribution in [2.45, 2.75) is 23.2 Å². The maximum atomic E-state index is 13.4. The van der Waals surface area contributed by atoms with E-state index >= 15 is 0 Å². The molecule has 2 aromatic rings. The van der Waals surface area contributed by atoms with E-state index in [1.54, 1.807) is 4.90 Å². The zero-order valence-electron chi connectivity index (χ0n) is 17.5. The molecule has 0 spiro atoms. The van der Waals surface area contributed by atoms with Crippen LogP contribution in [0.15, 0.2) is 40.9 Å².